The molecule has 0 bridgehead atoms. The van der Waals surface area contributed by atoms with E-state index < -0.39 is 10.0 Å². The third kappa shape index (κ3) is 2.06. The van der Waals surface area contributed by atoms with Gasteiger partial charge in [-0.15, -0.1) is 0 Å². The lowest BCUT2D eigenvalue weighted by molar-refractivity contribution is 0.601. The summed E-state index contributed by atoms with van der Waals surface area (Å²) in [6, 6.07) is 1.61. The summed E-state index contributed by atoms with van der Waals surface area (Å²) >= 11 is 0. The lowest BCUT2D eigenvalue weighted by atomic mass is 10.5. The van der Waals surface area contributed by atoms with Gasteiger partial charge in [0.15, 0.2) is 5.82 Å². The second kappa shape index (κ2) is 3.63. The first-order chi connectivity index (χ1) is 7.47. The van der Waals surface area contributed by atoms with Crippen molar-refractivity contribution in [2.75, 3.05) is 4.72 Å². The normalized spacial score (nSPS) is 11.6. The highest BCUT2D eigenvalue weighted by molar-refractivity contribution is 7.92. The Bertz CT molecular complexity index is 597. The number of anilines is 1. The fourth-order valence-electron chi connectivity index (χ4n) is 1.20. The molecule has 8 heteroatoms. The Balaban J connectivity index is 2.27. The lowest BCUT2D eigenvalue weighted by Gasteiger charge is -2.01. The monoisotopic (exact) mass is 241 g/mol. The average molecular weight is 241 g/mol. The highest BCUT2D eigenvalue weighted by Crippen LogP contribution is 2.13. The van der Waals surface area contributed by atoms with Crippen LogP contribution in [0.2, 0.25) is 0 Å². The van der Waals surface area contributed by atoms with E-state index in [0.717, 1.165) is 5.69 Å². The second-order valence-corrected chi connectivity index (χ2v) is 5.07. The van der Waals surface area contributed by atoms with Crippen LogP contribution in [-0.2, 0) is 17.1 Å². The topological polar surface area (TPSA) is 92.7 Å². The van der Waals surface area contributed by atoms with E-state index in [1.54, 1.807) is 20.0 Å². The van der Waals surface area contributed by atoms with Crippen LogP contribution in [0.3, 0.4) is 0 Å². The number of aromatic amines is 1. The molecule has 0 unspecified atom stereocenters. The number of aryl methyl sites for hydroxylation is 2. The van der Waals surface area contributed by atoms with Crippen LogP contribution < -0.4 is 4.72 Å². The molecular weight excluding hydrogens is 230 g/mol. The van der Waals surface area contributed by atoms with Gasteiger partial charge in [0.2, 0.25) is 0 Å². The molecule has 2 aromatic rings. The van der Waals surface area contributed by atoms with Crippen molar-refractivity contribution in [1.82, 2.24) is 20.0 Å². The van der Waals surface area contributed by atoms with E-state index in [-0.39, 0.29) is 10.7 Å². The number of nitrogens with zero attached hydrogens (tertiary/aromatic N) is 3. The van der Waals surface area contributed by atoms with E-state index in [0.29, 0.717) is 0 Å². The van der Waals surface area contributed by atoms with Crippen molar-refractivity contribution in [2.24, 2.45) is 7.05 Å². The van der Waals surface area contributed by atoms with Crippen LogP contribution in [0, 0.1) is 6.92 Å². The van der Waals surface area contributed by atoms with E-state index in [2.05, 4.69) is 20.0 Å². The van der Waals surface area contributed by atoms with Gasteiger partial charge in [0.05, 0.1) is 6.20 Å². The quantitative estimate of drug-likeness (QED) is 0.805. The van der Waals surface area contributed by atoms with E-state index in [9.17, 15) is 8.42 Å². The molecule has 0 radical (unpaired) electrons. The Morgan fingerprint density at radius 3 is 2.75 bits per heavy atom. The van der Waals surface area contributed by atoms with Crippen LogP contribution in [0.15, 0.2) is 23.4 Å². The molecule has 86 valence electrons. The molecule has 0 aromatic carbocycles. The summed E-state index contributed by atoms with van der Waals surface area (Å²) in [6.07, 6.45) is 2.70. The molecule has 0 amide bonds. The molecule has 7 nitrogen and oxygen atoms in total. The molecule has 2 N–H and O–H groups in total. The molecule has 16 heavy (non-hydrogen) atoms. The summed E-state index contributed by atoms with van der Waals surface area (Å²) in [5.41, 5.74) is 0.781. The molecule has 0 spiro atoms. The van der Waals surface area contributed by atoms with Crippen molar-refractivity contribution in [3.63, 3.8) is 0 Å². The van der Waals surface area contributed by atoms with Gasteiger partial charge >= 0.3 is 0 Å². The SMILES string of the molecule is Cc1cc(NS(=O)(=O)c2cnn(C)c2)n[nH]1. The van der Waals surface area contributed by atoms with E-state index in [4.69, 9.17) is 0 Å². The lowest BCUT2D eigenvalue weighted by Crippen LogP contribution is -2.12. The number of nitrogens with one attached hydrogen (secondary N) is 2. The molecule has 0 saturated carbocycles. The van der Waals surface area contributed by atoms with E-state index in [1.165, 1.54) is 17.1 Å². The van der Waals surface area contributed by atoms with Gasteiger partial charge < -0.3 is 0 Å². The maximum absolute atomic E-state index is 11.8. The molecule has 2 heterocycles. The molecule has 2 rings (SSSR count). The fourth-order valence-corrected chi connectivity index (χ4v) is 2.18. The van der Waals surface area contributed by atoms with Gasteiger partial charge in [-0.05, 0) is 6.92 Å². The summed E-state index contributed by atoms with van der Waals surface area (Å²) in [5.74, 6) is 0.265. The zero-order chi connectivity index (χ0) is 11.8. The first kappa shape index (κ1) is 10.7. The van der Waals surface area contributed by atoms with Crippen molar-refractivity contribution in [3.05, 3.63) is 24.2 Å². The smallest absolute Gasteiger partial charge is 0.266 e. The standard InChI is InChI=1S/C8H11N5O2S/c1-6-3-8(11-10-6)12-16(14,15)7-4-9-13(2)5-7/h3-5H,1-2H3,(H2,10,11,12). The molecule has 0 atom stereocenters. The number of sulfonamides is 1. The Morgan fingerprint density at radius 1 is 1.50 bits per heavy atom. The van der Waals surface area contributed by atoms with Crippen LogP contribution in [-0.4, -0.2) is 28.4 Å². The Labute approximate surface area is 92.5 Å². The molecular formula is C8H11N5O2S. The third-order valence-electron chi connectivity index (χ3n) is 1.94. The number of aromatic nitrogens is 4. The average Bonchev–Trinajstić information content (AvgIpc) is 2.75. The predicted octanol–water partition coefficient (Wildman–Crippen LogP) is 0.252. The van der Waals surface area contributed by atoms with Gasteiger partial charge in [-0.2, -0.15) is 10.2 Å². The maximum Gasteiger partial charge on any atom is 0.266 e. The molecule has 0 saturated heterocycles. The zero-order valence-electron chi connectivity index (χ0n) is 8.80. The minimum absolute atomic E-state index is 0.107. The van der Waals surface area contributed by atoms with Gasteiger partial charge in [0, 0.05) is 25.0 Å². The van der Waals surface area contributed by atoms with Crippen LogP contribution in [0.1, 0.15) is 5.69 Å². The zero-order valence-corrected chi connectivity index (χ0v) is 9.61. The number of H-pyrrole nitrogens is 1. The number of hydrogen-bond donors (Lipinski definition) is 2. The summed E-state index contributed by atoms with van der Waals surface area (Å²) in [7, 11) is -1.94. The van der Waals surface area contributed by atoms with Crippen molar-refractivity contribution >= 4 is 15.8 Å². The number of rotatable bonds is 3. The molecule has 2 aromatic heterocycles. The predicted molar refractivity (Wildman–Crippen MR) is 57.3 cm³/mol. The molecule has 0 aliphatic rings. The van der Waals surface area contributed by atoms with Gasteiger partial charge in [0.1, 0.15) is 4.90 Å². The van der Waals surface area contributed by atoms with Gasteiger partial charge in [-0.3, -0.25) is 14.5 Å². The summed E-state index contributed by atoms with van der Waals surface area (Å²) in [4.78, 5) is 0.107. The maximum atomic E-state index is 11.8. The summed E-state index contributed by atoms with van der Waals surface area (Å²) < 4.78 is 27.4. The van der Waals surface area contributed by atoms with Crippen molar-refractivity contribution in [3.8, 4) is 0 Å². The largest absolute Gasteiger partial charge is 0.281 e. The fraction of sp³-hybridized carbons (Fsp3) is 0.250. The van der Waals surface area contributed by atoms with Crippen molar-refractivity contribution in [1.29, 1.82) is 0 Å². The highest BCUT2D eigenvalue weighted by Gasteiger charge is 2.17. The van der Waals surface area contributed by atoms with Gasteiger partial charge in [-0.25, -0.2) is 8.42 Å². The number of hydrogen-bond acceptors (Lipinski definition) is 4. The molecule has 0 fully saturated rings. The second-order valence-electron chi connectivity index (χ2n) is 3.39. The minimum Gasteiger partial charge on any atom is -0.281 e. The van der Waals surface area contributed by atoms with Gasteiger partial charge in [-0.1, -0.05) is 0 Å². The molecule has 0 aliphatic carbocycles. The third-order valence-corrected chi connectivity index (χ3v) is 3.25. The Kier molecular flexibility index (Phi) is 2.43. The molecule has 0 aliphatic heterocycles. The summed E-state index contributed by atoms with van der Waals surface area (Å²) in [5, 5.41) is 10.2. The Hall–Kier alpha value is -1.83. The van der Waals surface area contributed by atoms with Gasteiger partial charge in [0.25, 0.3) is 10.0 Å². The van der Waals surface area contributed by atoms with Crippen molar-refractivity contribution < 1.29 is 8.42 Å². The Morgan fingerprint density at radius 2 is 2.25 bits per heavy atom. The van der Waals surface area contributed by atoms with Crippen LogP contribution in [0.25, 0.3) is 0 Å². The highest BCUT2D eigenvalue weighted by atomic mass is 32.2. The van der Waals surface area contributed by atoms with E-state index in [1.807, 2.05) is 0 Å². The first-order valence-electron chi connectivity index (χ1n) is 4.51. The summed E-state index contributed by atoms with van der Waals surface area (Å²) in [6.45, 7) is 1.79. The van der Waals surface area contributed by atoms with E-state index >= 15 is 0 Å². The van der Waals surface area contributed by atoms with Crippen molar-refractivity contribution in [2.45, 2.75) is 11.8 Å². The van der Waals surface area contributed by atoms with Crippen LogP contribution in [0.4, 0.5) is 5.82 Å². The van der Waals surface area contributed by atoms with Crippen LogP contribution >= 0.6 is 0 Å². The first-order valence-corrected chi connectivity index (χ1v) is 5.99. The van der Waals surface area contributed by atoms with Crippen LogP contribution in [0.5, 0.6) is 0 Å². The minimum atomic E-state index is -3.59.